The molecule has 3 aliphatic heterocycles. The first kappa shape index (κ1) is 35.6. The molecule has 1 aliphatic carbocycles. The number of likely N-dealkylation sites (tertiary alicyclic amines) is 1. The Kier molecular flexibility index (Phi) is 10.2. The van der Waals surface area contributed by atoms with Crippen LogP contribution in [0.5, 0.6) is 5.75 Å². The number of ether oxygens (including phenoxy) is 2. The van der Waals surface area contributed by atoms with Gasteiger partial charge in [-0.25, -0.2) is 16.8 Å². The van der Waals surface area contributed by atoms with Crippen molar-refractivity contribution in [3.63, 3.8) is 0 Å². The average molecular weight is 725 g/mol. The summed E-state index contributed by atoms with van der Waals surface area (Å²) in [6.45, 7) is 4.26. The Morgan fingerprint density at radius 3 is 2.26 bits per heavy atom. The van der Waals surface area contributed by atoms with E-state index >= 15 is 0 Å². The van der Waals surface area contributed by atoms with E-state index in [-0.39, 0.29) is 23.0 Å². The molecule has 12 heteroatoms. The van der Waals surface area contributed by atoms with Crippen LogP contribution in [0.4, 0.5) is 0 Å². The molecule has 270 valence electrons. The summed E-state index contributed by atoms with van der Waals surface area (Å²) in [5, 5.41) is 20.3. The van der Waals surface area contributed by atoms with Crippen molar-refractivity contribution in [2.24, 2.45) is 5.92 Å². The number of hydrogen-bond donors (Lipinski definition) is 2. The Morgan fingerprint density at radius 2 is 1.58 bits per heavy atom. The fraction of sp³-hybridized carbons (Fsp3) is 0.526. The summed E-state index contributed by atoms with van der Waals surface area (Å²) in [5.74, 6) is 0.616. The van der Waals surface area contributed by atoms with Crippen LogP contribution in [-0.4, -0.2) is 98.7 Å². The highest BCUT2D eigenvalue weighted by atomic mass is 32.2. The highest BCUT2D eigenvalue weighted by Crippen LogP contribution is 2.47. The van der Waals surface area contributed by atoms with Gasteiger partial charge in [-0.1, -0.05) is 42.5 Å². The Labute approximate surface area is 296 Å². The number of benzene rings is 3. The quantitative estimate of drug-likeness (QED) is 0.244. The van der Waals surface area contributed by atoms with Crippen LogP contribution in [0.15, 0.2) is 82.6 Å². The van der Waals surface area contributed by atoms with Gasteiger partial charge in [0.15, 0.2) is 9.84 Å². The van der Waals surface area contributed by atoms with Crippen LogP contribution in [0.3, 0.4) is 0 Å². The van der Waals surface area contributed by atoms with Crippen molar-refractivity contribution >= 4 is 19.9 Å². The van der Waals surface area contributed by atoms with Crippen molar-refractivity contribution in [2.45, 2.75) is 84.2 Å². The molecule has 4 aliphatic rings. The summed E-state index contributed by atoms with van der Waals surface area (Å²) in [5.41, 5.74) is 2.80. The molecule has 0 aromatic heterocycles. The van der Waals surface area contributed by atoms with Crippen LogP contribution in [-0.2, 0) is 31.1 Å². The molecule has 2 atom stereocenters. The minimum atomic E-state index is -3.66. The van der Waals surface area contributed by atoms with Crippen molar-refractivity contribution in [3.05, 3.63) is 78.4 Å². The van der Waals surface area contributed by atoms with Gasteiger partial charge in [0.25, 0.3) is 0 Å². The third kappa shape index (κ3) is 7.39. The van der Waals surface area contributed by atoms with Crippen LogP contribution < -0.4 is 4.74 Å². The molecule has 3 saturated heterocycles. The third-order valence-electron chi connectivity index (χ3n) is 11.2. The molecule has 1 spiro atoms. The number of hydrogen-bond acceptors (Lipinski definition) is 9. The second-order valence-corrected chi connectivity index (χ2v) is 19.0. The van der Waals surface area contributed by atoms with Crippen molar-refractivity contribution in [1.29, 1.82) is 0 Å². The second kappa shape index (κ2) is 14.3. The Hall–Kier alpha value is -2.84. The van der Waals surface area contributed by atoms with E-state index in [2.05, 4.69) is 29.2 Å². The van der Waals surface area contributed by atoms with Gasteiger partial charge in [-0.15, -0.1) is 0 Å². The SMILES string of the molecule is O=S(=O)(c1cccc(-c2ccc(CN3CCC3)cc2)c1)N1CCC2(CC1)C[C@H](CC[C@H](O)COc1cccc(S(=O)(=O)C3(CO)CC3)c1)CO2. The predicted octanol–water partition coefficient (Wildman–Crippen LogP) is 4.64. The number of piperidine rings is 1. The zero-order valence-electron chi connectivity index (χ0n) is 28.5. The monoisotopic (exact) mass is 724 g/mol. The first-order chi connectivity index (χ1) is 24.0. The summed E-state index contributed by atoms with van der Waals surface area (Å²) in [7, 11) is -7.32. The largest absolute Gasteiger partial charge is 0.491 e. The first-order valence-corrected chi connectivity index (χ1v) is 20.8. The third-order valence-corrected chi connectivity index (χ3v) is 15.6. The molecule has 3 aromatic carbocycles. The summed E-state index contributed by atoms with van der Waals surface area (Å²) < 4.78 is 65.9. The van der Waals surface area contributed by atoms with Crippen LogP contribution in [0, 0.1) is 5.92 Å². The molecular weight excluding hydrogens is 677 g/mol. The highest BCUT2D eigenvalue weighted by Gasteiger charge is 2.54. The zero-order valence-corrected chi connectivity index (χ0v) is 30.1. The predicted molar refractivity (Wildman–Crippen MR) is 190 cm³/mol. The molecule has 3 heterocycles. The molecule has 7 rings (SSSR count). The van der Waals surface area contributed by atoms with Crippen molar-refractivity contribution in [2.75, 3.05) is 46.0 Å². The topological polar surface area (TPSA) is 134 Å². The van der Waals surface area contributed by atoms with E-state index in [0.717, 1.165) is 43.6 Å². The van der Waals surface area contributed by atoms with Gasteiger partial charge in [0.2, 0.25) is 10.0 Å². The zero-order chi connectivity index (χ0) is 35.0. The Bertz CT molecular complexity index is 1870. The minimum Gasteiger partial charge on any atom is -0.491 e. The van der Waals surface area contributed by atoms with E-state index in [1.54, 1.807) is 28.6 Å². The second-order valence-electron chi connectivity index (χ2n) is 14.7. The lowest BCUT2D eigenvalue weighted by molar-refractivity contribution is -0.0314. The Balaban J connectivity index is 0.876. The first-order valence-electron chi connectivity index (χ1n) is 17.8. The maximum atomic E-state index is 13.7. The van der Waals surface area contributed by atoms with E-state index in [0.29, 0.717) is 62.4 Å². The number of sulfonamides is 1. The lowest BCUT2D eigenvalue weighted by atomic mass is 9.84. The van der Waals surface area contributed by atoms with E-state index in [9.17, 15) is 27.0 Å². The molecule has 3 aromatic rings. The lowest BCUT2D eigenvalue weighted by Crippen LogP contribution is -2.46. The number of aliphatic hydroxyl groups excluding tert-OH is 2. The van der Waals surface area contributed by atoms with E-state index in [1.807, 2.05) is 12.1 Å². The summed E-state index contributed by atoms with van der Waals surface area (Å²) in [6.07, 6.45) is 4.76. The molecule has 0 amide bonds. The van der Waals surface area contributed by atoms with Gasteiger partial charge in [0.1, 0.15) is 12.4 Å². The number of nitrogens with zero attached hydrogens (tertiary/aromatic N) is 2. The fourth-order valence-electron chi connectivity index (χ4n) is 7.53. The molecule has 0 unspecified atom stereocenters. The molecule has 50 heavy (non-hydrogen) atoms. The van der Waals surface area contributed by atoms with Crippen molar-refractivity contribution in [1.82, 2.24) is 9.21 Å². The number of sulfone groups is 1. The van der Waals surface area contributed by atoms with Crippen molar-refractivity contribution < 1.29 is 36.5 Å². The Morgan fingerprint density at radius 1 is 0.860 bits per heavy atom. The van der Waals surface area contributed by atoms with Crippen LogP contribution in [0.25, 0.3) is 11.1 Å². The molecule has 1 saturated carbocycles. The molecular formula is C38H48N2O8S2. The average Bonchev–Trinajstić information content (AvgIpc) is 3.84. The van der Waals surface area contributed by atoms with Gasteiger partial charge >= 0.3 is 0 Å². The van der Waals surface area contributed by atoms with Gasteiger partial charge in [-0.05, 0) is 117 Å². The molecule has 0 radical (unpaired) electrons. The molecule has 0 bridgehead atoms. The van der Waals surface area contributed by atoms with Crippen LogP contribution in [0.1, 0.15) is 56.9 Å². The number of rotatable bonds is 14. The van der Waals surface area contributed by atoms with Crippen LogP contribution >= 0.6 is 0 Å². The van der Waals surface area contributed by atoms with E-state index < -0.39 is 37.3 Å². The highest BCUT2D eigenvalue weighted by molar-refractivity contribution is 7.93. The van der Waals surface area contributed by atoms with E-state index in [1.165, 1.54) is 24.1 Å². The molecule has 2 N–H and O–H groups in total. The van der Waals surface area contributed by atoms with Crippen LogP contribution in [0.2, 0.25) is 0 Å². The van der Waals surface area contributed by atoms with Gasteiger partial charge in [-0.3, -0.25) is 4.90 Å². The smallest absolute Gasteiger partial charge is 0.243 e. The summed E-state index contributed by atoms with van der Waals surface area (Å²) >= 11 is 0. The normalized spacial score (nSPS) is 22.6. The van der Waals surface area contributed by atoms with Gasteiger partial charge in [-0.2, -0.15) is 4.31 Å². The minimum absolute atomic E-state index is 0.0332. The van der Waals surface area contributed by atoms with Gasteiger partial charge in [0.05, 0.1) is 39.5 Å². The number of aliphatic hydroxyl groups is 2. The van der Waals surface area contributed by atoms with Gasteiger partial charge in [0, 0.05) is 19.6 Å². The maximum Gasteiger partial charge on any atom is 0.243 e. The standard InChI is InChI=1S/C38H48N2O8S2/c41-28-38(14-15-38)49(43,44)35-6-2-5-34(23-35)47-27-33(42)13-10-30-24-37(48-26-30)16-20-40(21-17-37)50(45,46)36-7-1-4-32(22-36)31-11-8-29(9-12-31)25-39-18-3-19-39/h1-2,4-9,11-12,22-23,30,33,41-42H,3,10,13-21,24-28H2/t30-,33-/m0/s1. The van der Waals surface area contributed by atoms with Gasteiger partial charge < -0.3 is 19.7 Å². The molecule has 10 nitrogen and oxygen atoms in total. The fourth-order valence-corrected chi connectivity index (χ4v) is 10.9. The van der Waals surface area contributed by atoms with Crippen molar-refractivity contribution in [3.8, 4) is 16.9 Å². The lowest BCUT2D eigenvalue weighted by Gasteiger charge is -2.38. The van der Waals surface area contributed by atoms with E-state index in [4.69, 9.17) is 9.47 Å². The summed E-state index contributed by atoms with van der Waals surface area (Å²) in [6, 6.07) is 21.9. The summed E-state index contributed by atoms with van der Waals surface area (Å²) in [4.78, 5) is 2.84. The maximum absolute atomic E-state index is 13.7. The molecule has 4 fully saturated rings.